The molecule has 0 saturated heterocycles. The molecule has 20 heavy (non-hydrogen) atoms. The molecule has 2 rings (SSSR count). The van der Waals surface area contributed by atoms with Crippen LogP contribution in [0, 0.1) is 0 Å². The van der Waals surface area contributed by atoms with Gasteiger partial charge >= 0.3 is 0 Å². The van der Waals surface area contributed by atoms with Gasteiger partial charge in [0.05, 0.1) is 21.5 Å². The summed E-state index contributed by atoms with van der Waals surface area (Å²) in [5, 5.41) is 3.08. The van der Waals surface area contributed by atoms with Crippen molar-refractivity contribution in [2.24, 2.45) is 0 Å². The minimum atomic E-state index is -1.41. The van der Waals surface area contributed by atoms with E-state index < -0.39 is 10.8 Å². The topological polar surface area (TPSA) is 72.2 Å². The second-order valence-electron chi connectivity index (χ2n) is 4.09. The van der Waals surface area contributed by atoms with E-state index in [1.54, 1.807) is 48.5 Å². The minimum absolute atomic E-state index is 0.130. The molecular formula is C14H13ClN2O2S. The van der Waals surface area contributed by atoms with Crippen molar-refractivity contribution in [3.05, 3.63) is 53.6 Å². The Morgan fingerprint density at radius 1 is 1.15 bits per heavy atom. The average molecular weight is 309 g/mol. The number of nitrogens with two attached hydrogens (primary N) is 1. The number of carbonyl (C=O) groups excluding carboxylic acids is 1. The maximum absolute atomic E-state index is 12.0. The summed E-state index contributed by atoms with van der Waals surface area (Å²) in [6.07, 6.45) is 0. The summed E-state index contributed by atoms with van der Waals surface area (Å²) in [7, 11) is -1.41. The average Bonchev–Trinajstić information content (AvgIpc) is 2.42. The number of benzene rings is 2. The molecule has 3 N–H and O–H groups in total. The predicted molar refractivity (Wildman–Crippen MR) is 82.2 cm³/mol. The molecule has 2 aromatic carbocycles. The predicted octanol–water partition coefficient (Wildman–Crippen LogP) is 2.67. The lowest BCUT2D eigenvalue weighted by atomic mass is 10.3. The lowest BCUT2D eigenvalue weighted by molar-refractivity contribution is -0.113. The smallest absolute Gasteiger partial charge is 0.237 e. The number of hydrogen-bond acceptors (Lipinski definition) is 3. The Labute approximate surface area is 124 Å². The molecule has 1 atom stereocenters. The van der Waals surface area contributed by atoms with Gasteiger partial charge in [-0.3, -0.25) is 9.00 Å². The summed E-state index contributed by atoms with van der Waals surface area (Å²) in [5.74, 6) is -0.483. The van der Waals surface area contributed by atoms with Crippen LogP contribution in [0.4, 0.5) is 11.4 Å². The van der Waals surface area contributed by atoms with Crippen molar-refractivity contribution in [1.29, 1.82) is 0 Å². The summed E-state index contributed by atoms with van der Waals surface area (Å²) in [6.45, 7) is 0. The monoisotopic (exact) mass is 308 g/mol. The second kappa shape index (κ2) is 6.54. The number of rotatable bonds is 4. The molecule has 0 aliphatic heterocycles. The molecule has 0 bridgehead atoms. The van der Waals surface area contributed by atoms with Gasteiger partial charge in [-0.2, -0.15) is 0 Å². The van der Waals surface area contributed by atoms with Gasteiger partial charge in [0.2, 0.25) is 5.91 Å². The van der Waals surface area contributed by atoms with Gasteiger partial charge in [-0.15, -0.1) is 0 Å². The zero-order valence-electron chi connectivity index (χ0n) is 10.5. The van der Waals surface area contributed by atoms with Gasteiger partial charge in [-0.25, -0.2) is 0 Å². The molecule has 4 nitrogen and oxygen atoms in total. The Morgan fingerprint density at radius 3 is 2.45 bits per heavy atom. The van der Waals surface area contributed by atoms with E-state index in [1.165, 1.54) is 0 Å². The van der Waals surface area contributed by atoms with E-state index in [0.717, 1.165) is 0 Å². The zero-order valence-corrected chi connectivity index (χ0v) is 12.1. The molecule has 0 saturated carbocycles. The third kappa shape index (κ3) is 3.82. The van der Waals surface area contributed by atoms with Crippen LogP contribution in [0.3, 0.4) is 0 Å². The molecule has 1 amide bonds. The molecule has 0 spiro atoms. The zero-order chi connectivity index (χ0) is 14.5. The molecule has 1 unspecified atom stereocenters. The Morgan fingerprint density at radius 2 is 1.80 bits per heavy atom. The summed E-state index contributed by atoms with van der Waals surface area (Å²) < 4.78 is 12.0. The van der Waals surface area contributed by atoms with Crippen LogP contribution in [-0.4, -0.2) is 15.9 Å². The number of hydrogen-bond donors (Lipinski definition) is 2. The Bertz CT molecular complexity index is 644. The highest BCUT2D eigenvalue weighted by Gasteiger charge is 2.11. The van der Waals surface area contributed by atoms with Crippen LogP contribution in [-0.2, 0) is 15.6 Å². The minimum Gasteiger partial charge on any atom is -0.399 e. The Balaban J connectivity index is 2.00. The molecule has 0 radical (unpaired) electrons. The van der Waals surface area contributed by atoms with Crippen molar-refractivity contribution in [1.82, 2.24) is 0 Å². The van der Waals surface area contributed by atoms with Crippen molar-refractivity contribution in [2.45, 2.75) is 4.90 Å². The van der Waals surface area contributed by atoms with Crippen LogP contribution < -0.4 is 11.1 Å². The summed E-state index contributed by atoms with van der Waals surface area (Å²) in [5.41, 5.74) is 6.65. The van der Waals surface area contributed by atoms with Crippen LogP contribution in [0.15, 0.2) is 53.4 Å². The van der Waals surface area contributed by atoms with Crippen LogP contribution in [0.25, 0.3) is 0 Å². The fourth-order valence-corrected chi connectivity index (χ4v) is 2.67. The summed E-state index contributed by atoms with van der Waals surface area (Å²) in [4.78, 5) is 12.4. The molecule has 0 aliphatic carbocycles. The SMILES string of the molecule is Nc1ccc(S(=O)CC(=O)Nc2ccccc2Cl)cc1. The van der Waals surface area contributed by atoms with E-state index >= 15 is 0 Å². The highest BCUT2D eigenvalue weighted by molar-refractivity contribution is 7.85. The molecule has 0 aliphatic rings. The maximum Gasteiger partial charge on any atom is 0.237 e. The van der Waals surface area contributed by atoms with Crippen LogP contribution in [0.1, 0.15) is 0 Å². The number of amides is 1. The van der Waals surface area contributed by atoms with Crippen molar-refractivity contribution in [3.63, 3.8) is 0 Å². The largest absolute Gasteiger partial charge is 0.399 e. The third-order valence-electron chi connectivity index (χ3n) is 2.55. The molecule has 6 heteroatoms. The molecular weight excluding hydrogens is 296 g/mol. The molecule has 0 aromatic heterocycles. The van der Waals surface area contributed by atoms with Gasteiger partial charge in [0, 0.05) is 10.6 Å². The number of para-hydroxylation sites is 1. The van der Waals surface area contributed by atoms with Crippen LogP contribution in [0.2, 0.25) is 5.02 Å². The van der Waals surface area contributed by atoms with Gasteiger partial charge < -0.3 is 11.1 Å². The fraction of sp³-hybridized carbons (Fsp3) is 0.0714. The van der Waals surface area contributed by atoms with E-state index in [0.29, 0.717) is 21.3 Å². The van der Waals surface area contributed by atoms with Crippen molar-refractivity contribution < 1.29 is 9.00 Å². The first-order valence-electron chi connectivity index (χ1n) is 5.84. The highest BCUT2D eigenvalue weighted by Crippen LogP contribution is 2.20. The van der Waals surface area contributed by atoms with Gasteiger partial charge in [0.15, 0.2) is 0 Å². The fourth-order valence-electron chi connectivity index (χ4n) is 1.57. The van der Waals surface area contributed by atoms with Crippen molar-refractivity contribution in [3.8, 4) is 0 Å². The number of halogens is 1. The normalized spacial score (nSPS) is 11.8. The van der Waals surface area contributed by atoms with Gasteiger partial charge in [0.1, 0.15) is 5.75 Å². The van der Waals surface area contributed by atoms with E-state index in [4.69, 9.17) is 17.3 Å². The molecule has 2 aromatic rings. The van der Waals surface area contributed by atoms with Gasteiger partial charge in [0.25, 0.3) is 0 Å². The van der Waals surface area contributed by atoms with E-state index in [2.05, 4.69) is 5.32 Å². The molecule has 104 valence electrons. The number of anilines is 2. The Kier molecular flexibility index (Phi) is 4.76. The number of nitrogens with one attached hydrogen (secondary N) is 1. The Hall–Kier alpha value is -1.85. The van der Waals surface area contributed by atoms with Crippen LogP contribution >= 0.6 is 11.6 Å². The van der Waals surface area contributed by atoms with E-state index in [9.17, 15) is 9.00 Å². The van der Waals surface area contributed by atoms with Crippen molar-refractivity contribution in [2.75, 3.05) is 16.8 Å². The van der Waals surface area contributed by atoms with E-state index in [1.807, 2.05) is 0 Å². The first kappa shape index (κ1) is 14.6. The first-order chi connectivity index (χ1) is 9.56. The van der Waals surface area contributed by atoms with Gasteiger partial charge in [-0.1, -0.05) is 23.7 Å². The standard InChI is InChI=1S/C14H13ClN2O2S/c15-12-3-1-2-4-13(12)17-14(18)9-20(19)11-7-5-10(16)6-8-11/h1-8H,9,16H2,(H,17,18). The summed E-state index contributed by atoms with van der Waals surface area (Å²) in [6, 6.07) is 13.5. The van der Waals surface area contributed by atoms with Crippen molar-refractivity contribution >= 4 is 39.7 Å². The lowest BCUT2D eigenvalue weighted by Crippen LogP contribution is -2.19. The third-order valence-corrected chi connectivity index (χ3v) is 4.21. The second-order valence-corrected chi connectivity index (χ2v) is 5.95. The summed E-state index contributed by atoms with van der Waals surface area (Å²) >= 11 is 5.93. The first-order valence-corrected chi connectivity index (χ1v) is 7.54. The number of carbonyl (C=O) groups is 1. The molecule has 0 fully saturated rings. The van der Waals surface area contributed by atoms with Gasteiger partial charge in [-0.05, 0) is 36.4 Å². The highest BCUT2D eigenvalue weighted by atomic mass is 35.5. The number of nitrogen functional groups attached to an aromatic ring is 1. The maximum atomic E-state index is 12.0. The lowest BCUT2D eigenvalue weighted by Gasteiger charge is -2.07. The quantitative estimate of drug-likeness (QED) is 0.853. The molecule has 0 heterocycles. The van der Waals surface area contributed by atoms with E-state index in [-0.39, 0.29) is 11.7 Å². The van der Waals surface area contributed by atoms with Crippen LogP contribution in [0.5, 0.6) is 0 Å².